The number of hydrogen-bond donors (Lipinski definition) is 2. The molecule has 0 saturated heterocycles. The molecular weight excluding hydrogens is 326 g/mol. The van der Waals surface area contributed by atoms with Crippen molar-refractivity contribution in [3.8, 4) is 5.75 Å². The first-order chi connectivity index (χ1) is 12.7. The van der Waals surface area contributed by atoms with E-state index in [4.69, 9.17) is 9.73 Å². The Labute approximate surface area is 155 Å². The minimum atomic E-state index is 0.123. The largest absolute Gasteiger partial charge is 0.488 e. The first-order valence-electron chi connectivity index (χ1n) is 9.43. The van der Waals surface area contributed by atoms with E-state index in [1.54, 1.807) is 0 Å². The Morgan fingerprint density at radius 3 is 2.88 bits per heavy atom. The SMILES string of the molecule is CCNC(=NCC1Cc2ccccc2O1)NCCCn1nc(C)cc1C. The summed E-state index contributed by atoms with van der Waals surface area (Å²) >= 11 is 0. The first-order valence-corrected chi connectivity index (χ1v) is 9.43. The summed E-state index contributed by atoms with van der Waals surface area (Å²) < 4.78 is 8.02. The molecule has 0 spiro atoms. The monoisotopic (exact) mass is 355 g/mol. The van der Waals surface area contributed by atoms with Crippen LogP contribution in [0.5, 0.6) is 5.75 Å². The lowest BCUT2D eigenvalue weighted by Gasteiger charge is -2.13. The summed E-state index contributed by atoms with van der Waals surface area (Å²) in [5.41, 5.74) is 3.56. The molecule has 3 rings (SSSR count). The number of nitrogens with zero attached hydrogens (tertiary/aromatic N) is 3. The van der Waals surface area contributed by atoms with Gasteiger partial charge in [0, 0.05) is 31.7 Å². The van der Waals surface area contributed by atoms with Gasteiger partial charge in [-0.05, 0) is 44.9 Å². The Balaban J connectivity index is 1.45. The predicted octanol–water partition coefficient (Wildman–Crippen LogP) is 2.45. The Morgan fingerprint density at radius 1 is 1.31 bits per heavy atom. The molecule has 1 unspecified atom stereocenters. The smallest absolute Gasteiger partial charge is 0.191 e. The molecule has 2 aromatic rings. The van der Waals surface area contributed by atoms with Crippen molar-refractivity contribution < 1.29 is 4.74 Å². The number of hydrogen-bond acceptors (Lipinski definition) is 3. The lowest BCUT2D eigenvalue weighted by atomic mass is 10.1. The quantitative estimate of drug-likeness (QED) is 0.455. The summed E-state index contributed by atoms with van der Waals surface area (Å²) in [4.78, 5) is 4.69. The number of nitrogens with one attached hydrogen (secondary N) is 2. The third-order valence-corrected chi connectivity index (χ3v) is 4.45. The molecular formula is C20H29N5O. The fourth-order valence-corrected chi connectivity index (χ4v) is 3.23. The van der Waals surface area contributed by atoms with Gasteiger partial charge in [0.25, 0.3) is 0 Å². The van der Waals surface area contributed by atoms with Gasteiger partial charge in [0.1, 0.15) is 11.9 Å². The number of aryl methyl sites for hydroxylation is 3. The lowest BCUT2D eigenvalue weighted by Crippen LogP contribution is -2.39. The van der Waals surface area contributed by atoms with Crippen LogP contribution in [0.4, 0.5) is 0 Å². The standard InChI is InChI=1S/C20H29N5O/c1-4-21-20(22-10-7-11-25-16(3)12-15(2)24-25)23-14-18-13-17-8-5-6-9-19(17)26-18/h5-6,8-9,12,18H,4,7,10-11,13-14H2,1-3H3,(H2,21,22,23). The minimum absolute atomic E-state index is 0.123. The number of guanidine groups is 1. The van der Waals surface area contributed by atoms with Crippen molar-refractivity contribution in [1.29, 1.82) is 0 Å². The molecule has 26 heavy (non-hydrogen) atoms. The van der Waals surface area contributed by atoms with Crippen molar-refractivity contribution >= 4 is 5.96 Å². The van der Waals surface area contributed by atoms with Gasteiger partial charge < -0.3 is 15.4 Å². The Morgan fingerprint density at radius 2 is 2.15 bits per heavy atom. The van der Waals surface area contributed by atoms with Gasteiger partial charge in [-0.15, -0.1) is 0 Å². The van der Waals surface area contributed by atoms with Crippen molar-refractivity contribution in [1.82, 2.24) is 20.4 Å². The number of ether oxygens (including phenoxy) is 1. The van der Waals surface area contributed by atoms with Crippen LogP contribution >= 0.6 is 0 Å². The molecule has 140 valence electrons. The average Bonchev–Trinajstić information content (AvgIpc) is 3.18. The maximum atomic E-state index is 5.96. The zero-order valence-corrected chi connectivity index (χ0v) is 16.0. The number of aromatic nitrogens is 2. The van der Waals surface area contributed by atoms with E-state index in [1.165, 1.54) is 11.3 Å². The number of benzene rings is 1. The fourth-order valence-electron chi connectivity index (χ4n) is 3.23. The molecule has 1 aliphatic rings. The van der Waals surface area contributed by atoms with E-state index in [-0.39, 0.29) is 6.10 Å². The Hall–Kier alpha value is -2.50. The summed E-state index contributed by atoms with van der Waals surface area (Å²) in [6, 6.07) is 10.3. The van der Waals surface area contributed by atoms with Crippen LogP contribution in [0.15, 0.2) is 35.3 Å². The lowest BCUT2D eigenvalue weighted by molar-refractivity contribution is 0.241. The molecule has 0 saturated carbocycles. The third kappa shape index (κ3) is 4.77. The van der Waals surface area contributed by atoms with Crippen molar-refractivity contribution in [3.05, 3.63) is 47.3 Å². The van der Waals surface area contributed by atoms with E-state index in [1.807, 2.05) is 19.1 Å². The van der Waals surface area contributed by atoms with Crippen molar-refractivity contribution in [2.24, 2.45) is 4.99 Å². The van der Waals surface area contributed by atoms with Crippen molar-refractivity contribution in [3.63, 3.8) is 0 Å². The van der Waals surface area contributed by atoms with Gasteiger partial charge in [-0.1, -0.05) is 18.2 Å². The van der Waals surface area contributed by atoms with E-state index in [9.17, 15) is 0 Å². The van der Waals surface area contributed by atoms with Crippen molar-refractivity contribution in [2.75, 3.05) is 19.6 Å². The maximum absolute atomic E-state index is 5.96. The first kappa shape index (κ1) is 18.3. The second-order valence-corrected chi connectivity index (χ2v) is 6.70. The second-order valence-electron chi connectivity index (χ2n) is 6.70. The zero-order chi connectivity index (χ0) is 18.4. The highest BCUT2D eigenvalue weighted by molar-refractivity contribution is 5.79. The van der Waals surface area contributed by atoms with Crippen molar-refractivity contribution in [2.45, 2.75) is 46.3 Å². The van der Waals surface area contributed by atoms with Crippen LogP contribution in [0.1, 0.15) is 30.3 Å². The summed E-state index contributed by atoms with van der Waals surface area (Å²) in [7, 11) is 0. The molecule has 2 N–H and O–H groups in total. The van der Waals surface area contributed by atoms with Crippen LogP contribution in [0, 0.1) is 13.8 Å². The van der Waals surface area contributed by atoms with Gasteiger partial charge >= 0.3 is 0 Å². The van der Waals surface area contributed by atoms with Gasteiger partial charge in [-0.25, -0.2) is 4.99 Å². The van der Waals surface area contributed by atoms with E-state index in [0.29, 0.717) is 6.54 Å². The number of fused-ring (bicyclic) bond motifs is 1. The average molecular weight is 355 g/mol. The molecule has 1 aromatic carbocycles. The predicted molar refractivity (Wildman–Crippen MR) is 105 cm³/mol. The molecule has 1 aromatic heterocycles. The van der Waals surface area contributed by atoms with E-state index < -0.39 is 0 Å². The summed E-state index contributed by atoms with van der Waals surface area (Å²) in [6.45, 7) is 9.47. The highest BCUT2D eigenvalue weighted by Crippen LogP contribution is 2.28. The zero-order valence-electron chi connectivity index (χ0n) is 16.0. The van der Waals surface area contributed by atoms with E-state index in [0.717, 1.165) is 49.9 Å². The van der Waals surface area contributed by atoms with Gasteiger partial charge in [0.15, 0.2) is 5.96 Å². The van der Waals surface area contributed by atoms with Gasteiger partial charge in [0.05, 0.1) is 12.2 Å². The third-order valence-electron chi connectivity index (χ3n) is 4.45. The molecule has 1 atom stereocenters. The molecule has 2 heterocycles. The number of rotatable bonds is 7. The molecule has 6 heteroatoms. The summed E-state index contributed by atoms with van der Waals surface area (Å²) in [5, 5.41) is 11.2. The number of aliphatic imine (C=N–C) groups is 1. The summed E-state index contributed by atoms with van der Waals surface area (Å²) in [5.74, 6) is 1.84. The molecule has 0 amide bonds. The minimum Gasteiger partial charge on any atom is -0.488 e. The topological polar surface area (TPSA) is 63.5 Å². The molecule has 0 aliphatic carbocycles. The normalized spacial score (nSPS) is 16.3. The highest BCUT2D eigenvalue weighted by atomic mass is 16.5. The highest BCUT2D eigenvalue weighted by Gasteiger charge is 2.21. The molecule has 0 radical (unpaired) electrons. The summed E-state index contributed by atoms with van der Waals surface area (Å²) in [6.07, 6.45) is 2.05. The van der Waals surface area contributed by atoms with Gasteiger partial charge in [0.2, 0.25) is 0 Å². The van der Waals surface area contributed by atoms with Crippen LogP contribution in [-0.2, 0) is 13.0 Å². The molecule has 6 nitrogen and oxygen atoms in total. The van der Waals surface area contributed by atoms with Crippen LogP contribution in [0.2, 0.25) is 0 Å². The van der Waals surface area contributed by atoms with Crippen LogP contribution in [-0.4, -0.2) is 41.5 Å². The molecule has 0 fully saturated rings. The van der Waals surface area contributed by atoms with Gasteiger partial charge in [-0.2, -0.15) is 5.10 Å². The number of para-hydroxylation sites is 1. The Kier molecular flexibility index (Phi) is 6.15. The maximum Gasteiger partial charge on any atom is 0.191 e. The van der Waals surface area contributed by atoms with Crippen LogP contribution in [0.3, 0.4) is 0 Å². The van der Waals surface area contributed by atoms with Crippen LogP contribution < -0.4 is 15.4 Å². The van der Waals surface area contributed by atoms with Crippen LogP contribution in [0.25, 0.3) is 0 Å². The van der Waals surface area contributed by atoms with Gasteiger partial charge in [-0.3, -0.25) is 4.68 Å². The molecule has 0 bridgehead atoms. The van der Waals surface area contributed by atoms with E-state index >= 15 is 0 Å². The molecule has 1 aliphatic heterocycles. The fraction of sp³-hybridized carbons (Fsp3) is 0.500. The Bertz CT molecular complexity index is 727. The van der Waals surface area contributed by atoms with E-state index in [2.05, 4.69) is 52.5 Å². The second kappa shape index (κ2) is 8.74.